The zero-order valence-corrected chi connectivity index (χ0v) is 16.0. The number of aryl methyl sites for hydroxylation is 1. The molecule has 0 aliphatic rings. The predicted octanol–water partition coefficient (Wildman–Crippen LogP) is 3.26. The number of ether oxygens (including phenoxy) is 1. The van der Waals surface area contributed by atoms with E-state index in [-0.39, 0.29) is 11.6 Å². The van der Waals surface area contributed by atoms with E-state index < -0.39 is 11.0 Å². The number of rotatable bonds is 7. The molecule has 1 atom stereocenters. The van der Waals surface area contributed by atoms with E-state index in [0.29, 0.717) is 17.1 Å². The number of carbonyl (C=O) groups excluding carboxylic acids is 1. The Bertz CT molecular complexity index is 1060. The summed E-state index contributed by atoms with van der Waals surface area (Å²) in [6.45, 7) is 0. The maximum absolute atomic E-state index is 12.6. The molecule has 1 amide bonds. The standard InChI is InChI=1S/C21H20N4O4/c1-24-13-12-22-21(24)20(17-8-3-4-9-18(17)29-2)23-19(26)11-10-15-6-5-7-16(14-15)25(27)28/h3-14,20H,1-2H3,(H,23,26)/b11-10+. The second-order valence-electron chi connectivity index (χ2n) is 6.27. The molecule has 0 aliphatic carbocycles. The Kier molecular flexibility index (Phi) is 6.03. The lowest BCUT2D eigenvalue weighted by molar-refractivity contribution is -0.384. The number of carbonyl (C=O) groups is 1. The van der Waals surface area contributed by atoms with Crippen molar-refractivity contribution in [1.29, 1.82) is 0 Å². The number of para-hydroxylation sites is 1. The quantitative estimate of drug-likeness (QED) is 0.378. The Morgan fingerprint density at radius 2 is 2.07 bits per heavy atom. The highest BCUT2D eigenvalue weighted by Crippen LogP contribution is 2.29. The monoisotopic (exact) mass is 392 g/mol. The Hall–Kier alpha value is -3.94. The van der Waals surface area contributed by atoms with Crippen LogP contribution in [0, 0.1) is 10.1 Å². The molecule has 0 radical (unpaired) electrons. The molecule has 0 spiro atoms. The van der Waals surface area contributed by atoms with Crippen LogP contribution in [0.1, 0.15) is 23.0 Å². The van der Waals surface area contributed by atoms with Crippen LogP contribution in [0.4, 0.5) is 5.69 Å². The summed E-state index contributed by atoms with van der Waals surface area (Å²) >= 11 is 0. The molecule has 1 N–H and O–H groups in total. The first-order valence-electron chi connectivity index (χ1n) is 8.82. The minimum absolute atomic E-state index is 0.0348. The van der Waals surface area contributed by atoms with Crippen LogP contribution >= 0.6 is 0 Å². The summed E-state index contributed by atoms with van der Waals surface area (Å²) in [6, 6.07) is 12.9. The summed E-state index contributed by atoms with van der Waals surface area (Å²) < 4.78 is 7.26. The zero-order valence-electron chi connectivity index (χ0n) is 16.0. The first-order chi connectivity index (χ1) is 14.0. The lowest BCUT2D eigenvalue weighted by atomic mass is 10.0. The van der Waals surface area contributed by atoms with Crippen molar-refractivity contribution in [3.8, 4) is 5.75 Å². The van der Waals surface area contributed by atoms with E-state index in [9.17, 15) is 14.9 Å². The summed E-state index contributed by atoms with van der Waals surface area (Å²) in [5.41, 5.74) is 1.29. The normalized spacial score (nSPS) is 11.9. The lowest BCUT2D eigenvalue weighted by Gasteiger charge is -2.20. The third-order valence-corrected chi connectivity index (χ3v) is 4.36. The molecule has 0 saturated heterocycles. The van der Waals surface area contributed by atoms with Gasteiger partial charge in [-0.2, -0.15) is 0 Å². The largest absolute Gasteiger partial charge is 0.496 e. The average molecular weight is 392 g/mol. The maximum Gasteiger partial charge on any atom is 0.270 e. The van der Waals surface area contributed by atoms with Gasteiger partial charge in [0.2, 0.25) is 5.91 Å². The van der Waals surface area contributed by atoms with Gasteiger partial charge in [-0.05, 0) is 17.7 Å². The van der Waals surface area contributed by atoms with Crippen LogP contribution in [0.5, 0.6) is 5.75 Å². The van der Waals surface area contributed by atoms with Gasteiger partial charge in [-0.3, -0.25) is 14.9 Å². The van der Waals surface area contributed by atoms with Gasteiger partial charge in [-0.15, -0.1) is 0 Å². The number of nitro groups is 1. The van der Waals surface area contributed by atoms with Crippen molar-refractivity contribution >= 4 is 17.7 Å². The van der Waals surface area contributed by atoms with Crippen LogP contribution in [-0.2, 0) is 11.8 Å². The number of nitro benzene ring substituents is 1. The number of hydrogen-bond acceptors (Lipinski definition) is 5. The van der Waals surface area contributed by atoms with Gasteiger partial charge in [0.15, 0.2) is 0 Å². The summed E-state index contributed by atoms with van der Waals surface area (Å²) in [6.07, 6.45) is 6.32. The van der Waals surface area contributed by atoms with Crippen molar-refractivity contribution in [2.75, 3.05) is 7.11 Å². The molecule has 1 heterocycles. The number of amides is 1. The number of nitrogens with zero attached hydrogens (tertiary/aromatic N) is 3. The molecule has 8 heteroatoms. The molecule has 3 aromatic rings. The second-order valence-corrected chi connectivity index (χ2v) is 6.27. The predicted molar refractivity (Wildman–Crippen MR) is 108 cm³/mol. The number of methoxy groups -OCH3 is 1. The molecule has 148 valence electrons. The smallest absolute Gasteiger partial charge is 0.270 e. The third kappa shape index (κ3) is 4.67. The van der Waals surface area contributed by atoms with Crippen molar-refractivity contribution in [2.45, 2.75) is 6.04 Å². The molecule has 1 aromatic heterocycles. The van der Waals surface area contributed by atoms with Gasteiger partial charge >= 0.3 is 0 Å². The number of non-ortho nitro benzene ring substituents is 1. The van der Waals surface area contributed by atoms with E-state index in [1.807, 2.05) is 35.9 Å². The zero-order chi connectivity index (χ0) is 20.8. The van der Waals surface area contributed by atoms with Crippen LogP contribution in [0.25, 0.3) is 6.08 Å². The molecule has 2 aromatic carbocycles. The molecule has 0 bridgehead atoms. The summed E-state index contributed by atoms with van der Waals surface area (Å²) in [4.78, 5) is 27.4. The van der Waals surface area contributed by atoms with Crippen LogP contribution in [0.15, 0.2) is 67.0 Å². The molecule has 3 rings (SSSR count). The summed E-state index contributed by atoms with van der Waals surface area (Å²) in [5, 5.41) is 13.8. The summed E-state index contributed by atoms with van der Waals surface area (Å²) in [5.74, 6) is 0.908. The lowest BCUT2D eigenvalue weighted by Crippen LogP contribution is -2.30. The fourth-order valence-corrected chi connectivity index (χ4v) is 2.95. The van der Waals surface area contributed by atoms with Gasteiger partial charge in [0.1, 0.15) is 17.6 Å². The molecule has 0 fully saturated rings. The number of benzene rings is 2. The Balaban J connectivity index is 1.86. The number of imidazole rings is 1. The average Bonchev–Trinajstić information content (AvgIpc) is 3.16. The van der Waals surface area contributed by atoms with Gasteiger partial charge in [-0.25, -0.2) is 4.98 Å². The second kappa shape index (κ2) is 8.83. The number of hydrogen-bond donors (Lipinski definition) is 1. The molecule has 8 nitrogen and oxygen atoms in total. The van der Waals surface area contributed by atoms with Crippen LogP contribution in [0.2, 0.25) is 0 Å². The van der Waals surface area contributed by atoms with E-state index >= 15 is 0 Å². The van der Waals surface area contributed by atoms with E-state index in [0.717, 1.165) is 5.56 Å². The Morgan fingerprint density at radius 1 is 1.28 bits per heavy atom. The molecule has 29 heavy (non-hydrogen) atoms. The van der Waals surface area contributed by atoms with E-state index in [4.69, 9.17) is 4.74 Å². The minimum Gasteiger partial charge on any atom is -0.496 e. The molecular weight excluding hydrogens is 372 g/mol. The molecule has 1 unspecified atom stereocenters. The first kappa shape index (κ1) is 19.8. The fraction of sp³-hybridized carbons (Fsp3) is 0.143. The van der Waals surface area contributed by atoms with Crippen LogP contribution < -0.4 is 10.1 Å². The van der Waals surface area contributed by atoms with E-state index in [2.05, 4.69) is 10.3 Å². The first-order valence-corrected chi connectivity index (χ1v) is 8.82. The maximum atomic E-state index is 12.6. The van der Waals surface area contributed by atoms with Gasteiger partial charge in [0, 0.05) is 43.2 Å². The molecule has 0 aliphatic heterocycles. The van der Waals surface area contributed by atoms with Gasteiger partial charge < -0.3 is 14.6 Å². The van der Waals surface area contributed by atoms with E-state index in [1.165, 1.54) is 24.3 Å². The van der Waals surface area contributed by atoms with Crippen molar-refractivity contribution < 1.29 is 14.5 Å². The van der Waals surface area contributed by atoms with Crippen molar-refractivity contribution in [2.24, 2.45) is 7.05 Å². The van der Waals surface area contributed by atoms with Crippen LogP contribution in [-0.4, -0.2) is 27.5 Å². The topological polar surface area (TPSA) is 99.3 Å². The van der Waals surface area contributed by atoms with Crippen molar-refractivity contribution in [3.63, 3.8) is 0 Å². The van der Waals surface area contributed by atoms with Crippen molar-refractivity contribution in [3.05, 3.63) is 94.1 Å². The van der Waals surface area contributed by atoms with Gasteiger partial charge in [0.25, 0.3) is 5.69 Å². The minimum atomic E-state index is -0.534. The Morgan fingerprint density at radius 3 is 2.76 bits per heavy atom. The Labute approximate surface area is 167 Å². The highest BCUT2D eigenvalue weighted by molar-refractivity contribution is 5.92. The number of nitrogens with one attached hydrogen (secondary N) is 1. The van der Waals surface area contributed by atoms with E-state index in [1.54, 1.807) is 31.6 Å². The number of aromatic nitrogens is 2. The fourth-order valence-electron chi connectivity index (χ4n) is 2.95. The summed E-state index contributed by atoms with van der Waals surface area (Å²) in [7, 11) is 3.41. The highest BCUT2D eigenvalue weighted by Gasteiger charge is 2.23. The van der Waals surface area contributed by atoms with Crippen molar-refractivity contribution in [1.82, 2.24) is 14.9 Å². The third-order valence-electron chi connectivity index (χ3n) is 4.36. The SMILES string of the molecule is COc1ccccc1C(NC(=O)/C=C/c1cccc([N+](=O)[O-])c1)c1nccn1C. The highest BCUT2D eigenvalue weighted by atomic mass is 16.6. The molecule has 0 saturated carbocycles. The van der Waals surface area contributed by atoms with Gasteiger partial charge in [0.05, 0.1) is 12.0 Å². The van der Waals surface area contributed by atoms with Gasteiger partial charge in [-0.1, -0.05) is 30.3 Å². The molecular formula is C21H20N4O4. The van der Waals surface area contributed by atoms with Crippen LogP contribution in [0.3, 0.4) is 0 Å².